The van der Waals surface area contributed by atoms with Crippen LogP contribution in [0.1, 0.15) is 59.7 Å². The molecule has 2 amide bonds. The van der Waals surface area contributed by atoms with Gasteiger partial charge in [-0.3, -0.25) is 14.3 Å². The first-order chi connectivity index (χ1) is 20.5. The number of likely N-dealkylation sites (tertiary alicyclic amines) is 1. The Bertz CT molecular complexity index is 1580. The first kappa shape index (κ1) is 30.0. The van der Waals surface area contributed by atoms with E-state index in [2.05, 4.69) is 15.4 Å². The molecule has 0 spiro atoms. The molecule has 5 rings (SSSR count). The van der Waals surface area contributed by atoms with Crippen LogP contribution in [0.4, 0.5) is 0 Å². The number of nitrogens with zero attached hydrogens (tertiary/aromatic N) is 4. The first-order valence-corrected chi connectivity index (χ1v) is 14.9. The third-order valence-electron chi connectivity index (χ3n) is 7.79. The van der Waals surface area contributed by atoms with Gasteiger partial charge in [-0.25, -0.2) is 9.78 Å². The fraction of sp³-hybridized carbons (Fsp3) is 0.344. The van der Waals surface area contributed by atoms with Crippen LogP contribution in [-0.4, -0.2) is 61.2 Å². The lowest BCUT2D eigenvalue weighted by atomic mass is 9.85. The number of carboxylic acid groups (broad SMARTS) is 1. The number of hydrogen-bond donors (Lipinski definition) is 2. The molecule has 2 aromatic heterocycles. The van der Waals surface area contributed by atoms with Gasteiger partial charge in [0.25, 0.3) is 5.91 Å². The summed E-state index contributed by atoms with van der Waals surface area (Å²) in [6.07, 6.45) is 4.90. The van der Waals surface area contributed by atoms with E-state index < -0.39 is 29.5 Å². The third kappa shape index (κ3) is 6.03. The molecule has 10 nitrogen and oxygen atoms in total. The normalized spacial score (nSPS) is 20.1. The number of thiazole rings is 1. The van der Waals surface area contributed by atoms with E-state index in [4.69, 9.17) is 4.74 Å². The van der Waals surface area contributed by atoms with Crippen molar-refractivity contribution >= 4 is 29.1 Å². The van der Waals surface area contributed by atoms with E-state index in [-0.39, 0.29) is 36.3 Å². The summed E-state index contributed by atoms with van der Waals surface area (Å²) in [5.41, 5.74) is 0.0115. The number of aromatic nitrogens is 3. The molecule has 1 saturated heterocycles. The average Bonchev–Trinajstić information content (AvgIpc) is 3.74. The second-order valence-electron chi connectivity index (χ2n) is 11.7. The van der Waals surface area contributed by atoms with Crippen LogP contribution in [0.3, 0.4) is 0 Å². The number of amides is 2. The summed E-state index contributed by atoms with van der Waals surface area (Å²) in [6.45, 7) is 6.03. The fourth-order valence-electron chi connectivity index (χ4n) is 5.82. The topological polar surface area (TPSA) is 127 Å². The average molecular weight is 602 g/mol. The largest absolute Gasteiger partial charge is 0.496 e. The van der Waals surface area contributed by atoms with Gasteiger partial charge in [-0.1, -0.05) is 57.2 Å². The molecule has 1 aliphatic heterocycles. The van der Waals surface area contributed by atoms with Gasteiger partial charge in [0.15, 0.2) is 5.54 Å². The van der Waals surface area contributed by atoms with Gasteiger partial charge < -0.3 is 20.1 Å². The van der Waals surface area contributed by atoms with E-state index in [0.717, 1.165) is 11.1 Å². The number of nitrogens with one attached hydrogen (secondary N) is 1. The number of aliphatic carboxylic acids is 1. The minimum Gasteiger partial charge on any atom is -0.496 e. The lowest BCUT2D eigenvalue weighted by molar-refractivity contribution is -0.150. The van der Waals surface area contributed by atoms with Crippen LogP contribution in [0.15, 0.2) is 78.6 Å². The number of carboxylic acids is 1. The van der Waals surface area contributed by atoms with Crippen molar-refractivity contribution in [3.63, 3.8) is 0 Å². The number of rotatable bonds is 9. The molecule has 0 saturated carbocycles. The first-order valence-electron chi connectivity index (χ1n) is 14.0. The SMILES string of the molecule is COc1cc(C(=O)N2C(c3nccs3)C(NC(=O)Cc3ccccc3)CC2(Cn2cccn2)C(=O)O)ccc1C(C)(C)C. The molecule has 0 aliphatic carbocycles. The van der Waals surface area contributed by atoms with Gasteiger partial charge in [0.2, 0.25) is 5.91 Å². The Kier molecular flexibility index (Phi) is 8.36. The molecule has 11 heteroatoms. The minimum atomic E-state index is -1.75. The molecular formula is C32H35N5O5S. The third-order valence-corrected chi connectivity index (χ3v) is 8.64. The molecule has 0 radical (unpaired) electrons. The van der Waals surface area contributed by atoms with Crippen molar-refractivity contribution in [2.24, 2.45) is 0 Å². The summed E-state index contributed by atoms with van der Waals surface area (Å²) in [7, 11) is 1.55. The highest BCUT2D eigenvalue weighted by Crippen LogP contribution is 2.46. The second-order valence-corrected chi connectivity index (χ2v) is 12.7. The van der Waals surface area contributed by atoms with Crippen LogP contribution >= 0.6 is 11.3 Å². The van der Waals surface area contributed by atoms with Crippen molar-refractivity contribution < 1.29 is 24.2 Å². The Morgan fingerprint density at radius 3 is 2.49 bits per heavy atom. The van der Waals surface area contributed by atoms with Gasteiger partial charge in [-0.05, 0) is 34.7 Å². The van der Waals surface area contributed by atoms with Gasteiger partial charge >= 0.3 is 5.97 Å². The van der Waals surface area contributed by atoms with Gasteiger partial charge in [0, 0.05) is 36.0 Å². The highest BCUT2D eigenvalue weighted by Gasteiger charge is 2.60. The lowest BCUT2D eigenvalue weighted by Gasteiger charge is -2.37. The van der Waals surface area contributed by atoms with Crippen molar-refractivity contribution in [3.05, 3.63) is 100 Å². The monoisotopic (exact) mass is 601 g/mol. The van der Waals surface area contributed by atoms with Crippen LogP contribution in [0, 0.1) is 0 Å². The van der Waals surface area contributed by atoms with Gasteiger partial charge in [0.1, 0.15) is 16.8 Å². The molecule has 0 bridgehead atoms. The van der Waals surface area contributed by atoms with Crippen LogP contribution < -0.4 is 10.1 Å². The van der Waals surface area contributed by atoms with Crippen molar-refractivity contribution in [3.8, 4) is 5.75 Å². The molecule has 224 valence electrons. The van der Waals surface area contributed by atoms with E-state index in [9.17, 15) is 19.5 Å². The van der Waals surface area contributed by atoms with Gasteiger partial charge in [0.05, 0.1) is 26.1 Å². The summed E-state index contributed by atoms with van der Waals surface area (Å²) in [6, 6.07) is 14.6. The van der Waals surface area contributed by atoms with Crippen molar-refractivity contribution in [1.29, 1.82) is 0 Å². The standard InChI is InChI=1S/C32H35N5O5S/c1-31(2,3)23-12-11-22(18-25(23)42-4)29(39)37-27(28-33-14-16-43-28)24(35-26(38)17-21-9-6-5-7-10-21)19-32(37,30(40)41)20-36-15-8-13-34-36/h5-16,18,24,27H,17,19-20H2,1-4H3,(H,35,38)(H,40,41). The smallest absolute Gasteiger partial charge is 0.331 e. The highest BCUT2D eigenvalue weighted by atomic mass is 32.1. The summed E-state index contributed by atoms with van der Waals surface area (Å²) < 4.78 is 7.18. The molecule has 1 aliphatic rings. The fourth-order valence-corrected chi connectivity index (χ4v) is 6.61. The Hall–Kier alpha value is -4.51. The molecule has 3 atom stereocenters. The zero-order chi connectivity index (χ0) is 30.8. The maximum atomic E-state index is 14.6. The molecule has 3 unspecified atom stereocenters. The molecule has 3 heterocycles. The number of methoxy groups -OCH3 is 1. The molecule has 1 fully saturated rings. The number of hydrogen-bond acceptors (Lipinski definition) is 7. The summed E-state index contributed by atoms with van der Waals surface area (Å²) in [5.74, 6) is -1.45. The maximum absolute atomic E-state index is 14.6. The number of carbonyl (C=O) groups is 3. The number of carbonyl (C=O) groups excluding carboxylic acids is 2. The molecule has 4 aromatic rings. The Labute approximate surface area is 254 Å². The van der Waals surface area contributed by atoms with Crippen LogP contribution in [0.5, 0.6) is 5.75 Å². The Morgan fingerprint density at radius 2 is 1.88 bits per heavy atom. The summed E-state index contributed by atoms with van der Waals surface area (Å²) in [5, 5.41) is 20.5. The molecule has 2 aromatic carbocycles. The minimum absolute atomic E-state index is 0.0457. The Morgan fingerprint density at radius 1 is 1.12 bits per heavy atom. The van der Waals surface area contributed by atoms with Gasteiger partial charge in [-0.15, -0.1) is 11.3 Å². The van der Waals surface area contributed by atoms with Crippen LogP contribution in [0.2, 0.25) is 0 Å². The number of ether oxygens (including phenoxy) is 1. The van der Waals surface area contributed by atoms with Crippen molar-refractivity contribution in [2.45, 2.75) is 63.2 Å². The maximum Gasteiger partial charge on any atom is 0.331 e. The lowest BCUT2D eigenvalue weighted by Crippen LogP contribution is -2.56. The van der Waals surface area contributed by atoms with E-state index in [1.165, 1.54) is 20.9 Å². The number of benzene rings is 2. The quantitative estimate of drug-likeness (QED) is 0.290. The predicted molar refractivity (Wildman–Crippen MR) is 162 cm³/mol. The van der Waals surface area contributed by atoms with E-state index >= 15 is 0 Å². The molecule has 43 heavy (non-hydrogen) atoms. The van der Waals surface area contributed by atoms with Crippen LogP contribution in [-0.2, 0) is 28.0 Å². The van der Waals surface area contributed by atoms with Gasteiger partial charge in [-0.2, -0.15) is 5.10 Å². The highest BCUT2D eigenvalue weighted by molar-refractivity contribution is 7.09. The van der Waals surface area contributed by atoms with E-state index in [1.54, 1.807) is 49.3 Å². The second kappa shape index (κ2) is 12.0. The molecule has 2 N–H and O–H groups in total. The summed E-state index contributed by atoms with van der Waals surface area (Å²) >= 11 is 1.31. The molecular weight excluding hydrogens is 566 g/mol. The zero-order valence-corrected chi connectivity index (χ0v) is 25.4. The van der Waals surface area contributed by atoms with E-state index in [0.29, 0.717) is 10.8 Å². The predicted octanol–water partition coefficient (Wildman–Crippen LogP) is 4.48. The van der Waals surface area contributed by atoms with Crippen molar-refractivity contribution in [1.82, 2.24) is 25.0 Å². The van der Waals surface area contributed by atoms with Crippen molar-refractivity contribution in [2.75, 3.05) is 7.11 Å². The summed E-state index contributed by atoms with van der Waals surface area (Å²) in [4.78, 5) is 47.2. The van der Waals surface area contributed by atoms with Crippen LogP contribution in [0.25, 0.3) is 0 Å². The Balaban J connectivity index is 1.61. The van der Waals surface area contributed by atoms with E-state index in [1.807, 2.05) is 57.2 Å². The zero-order valence-electron chi connectivity index (χ0n) is 24.6.